The van der Waals surface area contributed by atoms with Crippen LogP contribution in [-0.2, 0) is 23.9 Å². The van der Waals surface area contributed by atoms with Gasteiger partial charge in [-0.1, -0.05) is 49.4 Å². The summed E-state index contributed by atoms with van der Waals surface area (Å²) in [4.78, 5) is 45.7. The number of cyclic esters (lactones) is 1. The maximum Gasteiger partial charge on any atom is 0.313 e. The fraction of sp³-hybridized carbons (Fsp3) is 0.567. The number of likely N-dealkylation sites (tertiary alicyclic amines) is 1. The molecule has 8 heteroatoms. The maximum atomic E-state index is 14.6. The Morgan fingerprint density at radius 2 is 1.76 bits per heavy atom. The number of rotatable bonds is 7. The van der Waals surface area contributed by atoms with Gasteiger partial charge < -0.3 is 24.4 Å². The predicted molar refractivity (Wildman–Crippen MR) is 142 cm³/mol. The first kappa shape index (κ1) is 26.6. The highest BCUT2D eigenvalue weighted by Crippen LogP contribution is 2.58. The van der Waals surface area contributed by atoms with Crippen LogP contribution in [0, 0.1) is 25.7 Å². The molecule has 1 unspecified atom stereocenters. The van der Waals surface area contributed by atoms with Crippen LogP contribution in [0.25, 0.3) is 0 Å². The van der Waals surface area contributed by atoms with Crippen LogP contribution in [0.4, 0.5) is 5.69 Å². The molecule has 1 aromatic rings. The number of nitrogens with zero attached hydrogens (tertiary/aromatic N) is 2. The molecule has 1 aromatic carbocycles. The molecule has 4 aliphatic heterocycles. The minimum atomic E-state index is -1.29. The average Bonchev–Trinajstić information content (AvgIpc) is 3.23. The quantitative estimate of drug-likeness (QED) is 0.336. The third-order valence-electron chi connectivity index (χ3n) is 8.67. The molecule has 204 valence electrons. The van der Waals surface area contributed by atoms with Crippen LogP contribution < -0.4 is 4.90 Å². The third kappa shape index (κ3) is 4.00. The van der Waals surface area contributed by atoms with Crippen molar-refractivity contribution in [1.29, 1.82) is 0 Å². The van der Waals surface area contributed by atoms with Crippen LogP contribution >= 0.6 is 0 Å². The van der Waals surface area contributed by atoms with Crippen molar-refractivity contribution in [2.75, 3.05) is 31.2 Å². The molecule has 5 atom stereocenters. The van der Waals surface area contributed by atoms with Gasteiger partial charge in [-0.15, -0.1) is 0 Å². The summed E-state index contributed by atoms with van der Waals surface area (Å²) in [5.74, 6) is -2.59. The number of benzene rings is 1. The Bertz CT molecular complexity index is 1160. The Morgan fingerprint density at radius 1 is 1.00 bits per heavy atom. The lowest BCUT2D eigenvalue weighted by atomic mass is 9.73. The second-order valence-electron chi connectivity index (χ2n) is 10.9. The van der Waals surface area contributed by atoms with Gasteiger partial charge >= 0.3 is 5.97 Å². The first-order valence-corrected chi connectivity index (χ1v) is 13.8. The van der Waals surface area contributed by atoms with E-state index >= 15 is 0 Å². The molecular formula is C30H38N2O6. The van der Waals surface area contributed by atoms with Crippen molar-refractivity contribution in [2.45, 2.75) is 70.1 Å². The number of anilines is 1. The van der Waals surface area contributed by atoms with E-state index in [9.17, 15) is 19.5 Å². The van der Waals surface area contributed by atoms with Crippen LogP contribution in [0.15, 0.2) is 42.5 Å². The number of ether oxygens (including phenoxy) is 2. The SMILES string of the molecule is CC[C@]12C=CCCOC(=O)[C@H]1[C@H]1C(=O)N(CCCCCO)C3C(=O)N(c4c(C)cccc4C)CC=C[C@@]31O2. The van der Waals surface area contributed by atoms with E-state index in [1.165, 1.54) is 0 Å². The van der Waals surface area contributed by atoms with E-state index in [1.54, 1.807) is 9.80 Å². The highest BCUT2D eigenvalue weighted by atomic mass is 16.6. The Hall–Kier alpha value is -2.97. The van der Waals surface area contributed by atoms with Crippen LogP contribution in [0.3, 0.4) is 0 Å². The average molecular weight is 523 g/mol. The molecule has 2 saturated heterocycles. The van der Waals surface area contributed by atoms with Crippen LogP contribution in [-0.4, -0.2) is 71.3 Å². The standard InChI is InChI=1S/C30H38N2O6/c1-4-29-14-6-9-19-37-28(36)23(29)22-26(34)32(16-7-5-8-18-33)25-27(35)31(17-11-15-30(22,25)38-29)24-20(2)12-10-13-21(24)3/h6,10-15,22-23,25,33H,4-5,7-9,16-19H2,1-3H3/t22-,23+,25?,29-,30-/m0/s1. The number of carbonyl (C=O) groups is 3. The summed E-state index contributed by atoms with van der Waals surface area (Å²) in [6.07, 6.45) is 10.7. The van der Waals surface area contributed by atoms with Gasteiger partial charge in [0.15, 0.2) is 0 Å². The fourth-order valence-corrected chi connectivity index (χ4v) is 6.97. The number of hydrogen-bond donors (Lipinski definition) is 1. The number of para-hydroxylation sites is 1. The van der Waals surface area contributed by atoms with E-state index in [2.05, 4.69) is 0 Å². The van der Waals surface area contributed by atoms with Crippen LogP contribution in [0.2, 0.25) is 0 Å². The third-order valence-corrected chi connectivity index (χ3v) is 8.67. The van der Waals surface area contributed by atoms with Gasteiger partial charge in [-0.25, -0.2) is 0 Å². The van der Waals surface area contributed by atoms with Crippen molar-refractivity contribution in [3.05, 3.63) is 53.6 Å². The molecule has 4 heterocycles. The summed E-state index contributed by atoms with van der Waals surface area (Å²) in [5.41, 5.74) is 0.471. The summed E-state index contributed by atoms with van der Waals surface area (Å²) < 4.78 is 12.5. The van der Waals surface area contributed by atoms with Crippen LogP contribution in [0.1, 0.15) is 50.2 Å². The first-order valence-electron chi connectivity index (χ1n) is 13.8. The molecule has 0 radical (unpaired) electrons. The number of amides is 2. The number of hydrogen-bond acceptors (Lipinski definition) is 6. The number of aliphatic hydroxyl groups excluding tert-OH is 1. The zero-order chi connectivity index (χ0) is 27.1. The minimum Gasteiger partial charge on any atom is -0.465 e. The summed E-state index contributed by atoms with van der Waals surface area (Å²) in [6, 6.07) is 5.02. The monoisotopic (exact) mass is 522 g/mol. The second kappa shape index (κ2) is 10.3. The molecule has 0 saturated carbocycles. The highest BCUT2D eigenvalue weighted by molar-refractivity contribution is 6.06. The number of carbonyl (C=O) groups excluding carboxylic acids is 3. The summed E-state index contributed by atoms with van der Waals surface area (Å²) in [6.45, 7) is 6.93. The van der Waals surface area contributed by atoms with Gasteiger partial charge in [-0.05, 0) is 57.1 Å². The Morgan fingerprint density at radius 3 is 2.47 bits per heavy atom. The number of aliphatic hydroxyl groups is 1. The number of esters is 1. The molecule has 1 spiro atoms. The van der Waals surface area contributed by atoms with Crippen molar-refractivity contribution in [1.82, 2.24) is 4.90 Å². The smallest absolute Gasteiger partial charge is 0.313 e. The molecule has 2 amide bonds. The largest absolute Gasteiger partial charge is 0.465 e. The maximum absolute atomic E-state index is 14.6. The number of fused-ring (bicyclic) bond motifs is 2. The molecular weight excluding hydrogens is 484 g/mol. The molecule has 0 bridgehead atoms. The zero-order valence-corrected chi connectivity index (χ0v) is 22.5. The minimum absolute atomic E-state index is 0.0777. The zero-order valence-electron chi connectivity index (χ0n) is 22.5. The number of unbranched alkanes of at least 4 members (excludes halogenated alkanes) is 2. The lowest BCUT2D eigenvalue weighted by molar-refractivity contribution is -0.160. The van der Waals surface area contributed by atoms with Crippen molar-refractivity contribution in [2.24, 2.45) is 11.8 Å². The molecule has 1 N–H and O–H groups in total. The molecule has 0 aliphatic carbocycles. The van der Waals surface area contributed by atoms with E-state index in [1.807, 2.05) is 63.3 Å². The fourth-order valence-electron chi connectivity index (χ4n) is 6.97. The molecule has 5 rings (SSSR count). The van der Waals surface area contributed by atoms with E-state index in [0.717, 1.165) is 23.2 Å². The van der Waals surface area contributed by atoms with Gasteiger partial charge in [0.2, 0.25) is 5.91 Å². The lowest BCUT2D eigenvalue weighted by Gasteiger charge is -2.39. The summed E-state index contributed by atoms with van der Waals surface area (Å²) in [5, 5.41) is 9.26. The van der Waals surface area contributed by atoms with Gasteiger partial charge in [0, 0.05) is 25.4 Å². The Kier molecular flexibility index (Phi) is 7.22. The highest BCUT2D eigenvalue weighted by Gasteiger charge is 2.75. The van der Waals surface area contributed by atoms with E-state index in [4.69, 9.17) is 9.47 Å². The van der Waals surface area contributed by atoms with Crippen molar-refractivity contribution >= 4 is 23.5 Å². The van der Waals surface area contributed by atoms with Gasteiger partial charge in [0.05, 0.1) is 12.5 Å². The van der Waals surface area contributed by atoms with E-state index < -0.39 is 35.0 Å². The molecule has 2 fully saturated rings. The van der Waals surface area contributed by atoms with E-state index in [-0.39, 0.29) is 25.0 Å². The van der Waals surface area contributed by atoms with Crippen LogP contribution in [0.5, 0.6) is 0 Å². The van der Waals surface area contributed by atoms with Gasteiger partial charge in [0.25, 0.3) is 5.91 Å². The molecule has 38 heavy (non-hydrogen) atoms. The van der Waals surface area contributed by atoms with E-state index in [0.29, 0.717) is 38.8 Å². The van der Waals surface area contributed by atoms with Gasteiger partial charge in [0.1, 0.15) is 23.2 Å². The Balaban J connectivity index is 1.64. The summed E-state index contributed by atoms with van der Waals surface area (Å²) in [7, 11) is 0. The normalized spacial score (nSPS) is 32.4. The molecule has 8 nitrogen and oxygen atoms in total. The second-order valence-corrected chi connectivity index (χ2v) is 10.9. The van der Waals surface area contributed by atoms with Crippen molar-refractivity contribution in [3.63, 3.8) is 0 Å². The van der Waals surface area contributed by atoms with Crippen molar-refractivity contribution in [3.8, 4) is 0 Å². The number of aryl methyl sites for hydroxylation is 2. The lowest BCUT2D eigenvalue weighted by Crippen LogP contribution is -2.56. The topological polar surface area (TPSA) is 96.4 Å². The Labute approximate surface area is 224 Å². The molecule has 0 aromatic heterocycles. The van der Waals surface area contributed by atoms with Gasteiger partial charge in [-0.3, -0.25) is 14.4 Å². The molecule has 4 aliphatic rings. The summed E-state index contributed by atoms with van der Waals surface area (Å²) >= 11 is 0. The van der Waals surface area contributed by atoms with Crippen molar-refractivity contribution < 1.29 is 29.0 Å². The van der Waals surface area contributed by atoms with Gasteiger partial charge in [-0.2, -0.15) is 0 Å². The first-order chi connectivity index (χ1) is 18.3. The predicted octanol–water partition coefficient (Wildman–Crippen LogP) is 3.23.